The van der Waals surface area contributed by atoms with Crippen molar-refractivity contribution in [1.82, 2.24) is 10.2 Å². The van der Waals surface area contributed by atoms with Gasteiger partial charge in [0.1, 0.15) is 6.04 Å². The highest BCUT2D eigenvalue weighted by atomic mass is 79.9. The Balaban J connectivity index is 1.80. The van der Waals surface area contributed by atoms with E-state index in [0.29, 0.717) is 30.8 Å². The molecule has 37 heavy (non-hydrogen) atoms. The van der Waals surface area contributed by atoms with Gasteiger partial charge in [0.05, 0.1) is 0 Å². The maximum Gasteiger partial charge on any atom is 0.243 e. The SMILES string of the molecule is CC(C)(C)NC(=O)[C@@H](Cc1ccccc1)N(Cc1ccc(Br)cc1)C(=O)CCCSc1ccc(Cl)cc1. The quantitative estimate of drug-likeness (QED) is 0.183. The van der Waals surface area contributed by atoms with Crippen LogP contribution in [-0.4, -0.2) is 34.0 Å². The van der Waals surface area contributed by atoms with Crippen LogP contribution in [0.15, 0.2) is 88.2 Å². The van der Waals surface area contributed by atoms with Gasteiger partial charge in [-0.15, -0.1) is 11.8 Å². The van der Waals surface area contributed by atoms with Gasteiger partial charge in [-0.05, 0) is 80.5 Å². The smallest absolute Gasteiger partial charge is 0.243 e. The summed E-state index contributed by atoms with van der Waals surface area (Å²) in [6, 6.07) is 24.9. The number of carbonyl (C=O) groups excluding carboxylic acids is 2. The second-order valence-corrected chi connectivity index (χ2v) is 12.5. The Morgan fingerprint density at radius 3 is 2.22 bits per heavy atom. The van der Waals surface area contributed by atoms with Gasteiger partial charge in [0, 0.05) is 39.3 Å². The fourth-order valence-corrected chi connectivity index (χ4v) is 5.12. The molecule has 0 spiro atoms. The Kier molecular flexibility index (Phi) is 11.1. The number of carbonyl (C=O) groups is 2. The summed E-state index contributed by atoms with van der Waals surface area (Å²) in [5.41, 5.74) is 1.59. The predicted octanol–water partition coefficient (Wildman–Crippen LogP) is 7.53. The number of thioether (sulfide) groups is 1. The van der Waals surface area contributed by atoms with Crippen molar-refractivity contribution in [3.63, 3.8) is 0 Å². The van der Waals surface area contributed by atoms with Crippen LogP contribution in [-0.2, 0) is 22.6 Å². The van der Waals surface area contributed by atoms with Crippen LogP contribution < -0.4 is 5.32 Å². The average Bonchev–Trinajstić information content (AvgIpc) is 2.85. The van der Waals surface area contributed by atoms with Crippen molar-refractivity contribution < 1.29 is 9.59 Å². The Hall–Kier alpha value is -2.28. The Morgan fingerprint density at radius 2 is 1.59 bits per heavy atom. The van der Waals surface area contributed by atoms with E-state index in [-0.39, 0.29) is 11.8 Å². The molecular weight excluding hydrogens is 568 g/mol. The molecule has 2 amide bonds. The van der Waals surface area contributed by atoms with Gasteiger partial charge in [-0.2, -0.15) is 0 Å². The van der Waals surface area contributed by atoms with Gasteiger partial charge < -0.3 is 10.2 Å². The highest BCUT2D eigenvalue weighted by Gasteiger charge is 2.32. The molecule has 4 nitrogen and oxygen atoms in total. The lowest BCUT2D eigenvalue weighted by Crippen LogP contribution is -2.54. The van der Waals surface area contributed by atoms with Crippen LogP contribution in [0.2, 0.25) is 5.02 Å². The molecule has 7 heteroatoms. The third-order valence-electron chi connectivity index (χ3n) is 5.65. The fourth-order valence-electron chi connectivity index (χ4n) is 3.88. The van der Waals surface area contributed by atoms with Crippen molar-refractivity contribution >= 4 is 51.1 Å². The molecule has 0 radical (unpaired) electrons. The maximum absolute atomic E-state index is 13.7. The van der Waals surface area contributed by atoms with Gasteiger partial charge in [-0.3, -0.25) is 9.59 Å². The van der Waals surface area contributed by atoms with Crippen LogP contribution in [0.25, 0.3) is 0 Å². The van der Waals surface area contributed by atoms with Crippen LogP contribution in [0.4, 0.5) is 0 Å². The van der Waals surface area contributed by atoms with Crippen molar-refractivity contribution in [1.29, 1.82) is 0 Å². The minimum absolute atomic E-state index is 0.0235. The van der Waals surface area contributed by atoms with Crippen molar-refractivity contribution in [3.05, 3.63) is 99.5 Å². The molecule has 3 aromatic rings. The zero-order valence-electron chi connectivity index (χ0n) is 21.5. The first-order chi connectivity index (χ1) is 17.6. The third-order valence-corrected chi connectivity index (χ3v) is 7.53. The minimum atomic E-state index is -0.623. The van der Waals surface area contributed by atoms with Crippen LogP contribution >= 0.6 is 39.3 Å². The van der Waals surface area contributed by atoms with Crippen LogP contribution in [0.5, 0.6) is 0 Å². The molecule has 196 valence electrons. The molecule has 3 rings (SSSR count). The molecule has 0 aliphatic carbocycles. The van der Waals surface area contributed by atoms with Crippen LogP contribution in [0.3, 0.4) is 0 Å². The summed E-state index contributed by atoms with van der Waals surface area (Å²) >= 11 is 11.2. The molecule has 0 saturated heterocycles. The van der Waals surface area contributed by atoms with E-state index in [2.05, 4.69) is 21.2 Å². The number of amides is 2. The van der Waals surface area contributed by atoms with Gasteiger partial charge in [0.25, 0.3) is 0 Å². The first-order valence-electron chi connectivity index (χ1n) is 12.4. The molecule has 0 fully saturated rings. The van der Waals surface area contributed by atoms with E-state index in [0.717, 1.165) is 26.2 Å². The zero-order valence-corrected chi connectivity index (χ0v) is 24.7. The molecule has 0 aliphatic heterocycles. The lowest BCUT2D eigenvalue weighted by atomic mass is 10.00. The zero-order chi connectivity index (χ0) is 26.8. The predicted molar refractivity (Wildman–Crippen MR) is 158 cm³/mol. The van der Waals surface area contributed by atoms with Gasteiger partial charge in [0.2, 0.25) is 11.8 Å². The molecule has 0 aromatic heterocycles. The summed E-state index contributed by atoms with van der Waals surface area (Å²) in [6.07, 6.45) is 1.53. The van der Waals surface area contributed by atoms with Gasteiger partial charge in [-0.1, -0.05) is 70.0 Å². The lowest BCUT2D eigenvalue weighted by molar-refractivity contribution is -0.142. The van der Waals surface area contributed by atoms with Gasteiger partial charge >= 0.3 is 0 Å². The molecule has 0 unspecified atom stereocenters. The Labute approximate surface area is 238 Å². The number of halogens is 2. The summed E-state index contributed by atoms with van der Waals surface area (Å²) in [5, 5.41) is 3.82. The third kappa shape index (κ3) is 10.2. The normalized spacial score (nSPS) is 12.1. The van der Waals surface area contributed by atoms with Gasteiger partial charge in [0.15, 0.2) is 0 Å². The van der Waals surface area contributed by atoms with Crippen molar-refractivity contribution in [2.75, 3.05) is 5.75 Å². The lowest BCUT2D eigenvalue weighted by Gasteiger charge is -2.34. The topological polar surface area (TPSA) is 49.4 Å². The van der Waals surface area contributed by atoms with E-state index < -0.39 is 11.6 Å². The second-order valence-electron chi connectivity index (χ2n) is 10.00. The Morgan fingerprint density at radius 1 is 0.946 bits per heavy atom. The van der Waals surface area contributed by atoms with Crippen LogP contribution in [0.1, 0.15) is 44.7 Å². The molecule has 1 atom stereocenters. The average molecular weight is 602 g/mol. The van der Waals surface area contributed by atoms with E-state index in [1.807, 2.05) is 99.6 Å². The monoisotopic (exact) mass is 600 g/mol. The number of benzene rings is 3. The molecule has 0 aliphatic rings. The number of nitrogens with one attached hydrogen (secondary N) is 1. The number of rotatable bonds is 11. The fraction of sp³-hybridized carbons (Fsp3) is 0.333. The van der Waals surface area contributed by atoms with Crippen molar-refractivity contribution in [2.45, 2.75) is 63.1 Å². The highest BCUT2D eigenvalue weighted by Crippen LogP contribution is 2.23. The largest absolute Gasteiger partial charge is 0.350 e. The molecule has 0 bridgehead atoms. The number of hydrogen-bond acceptors (Lipinski definition) is 3. The Bertz CT molecular complexity index is 1150. The molecule has 0 heterocycles. The van der Waals surface area contributed by atoms with E-state index in [9.17, 15) is 9.59 Å². The molecule has 0 saturated carbocycles. The molecule has 3 aromatic carbocycles. The minimum Gasteiger partial charge on any atom is -0.350 e. The molecule has 1 N–H and O–H groups in total. The van der Waals surface area contributed by atoms with E-state index in [4.69, 9.17) is 11.6 Å². The first-order valence-corrected chi connectivity index (χ1v) is 14.5. The molecular formula is C30H34BrClN2O2S. The van der Waals surface area contributed by atoms with Gasteiger partial charge in [-0.25, -0.2) is 0 Å². The standard InChI is InChI=1S/C30H34BrClN2O2S/c1-30(2,3)33-29(36)27(20-22-8-5-4-6-9-22)34(21-23-11-13-24(31)14-12-23)28(35)10-7-19-37-26-17-15-25(32)16-18-26/h4-6,8-9,11-18,27H,7,10,19-21H2,1-3H3,(H,33,36)/t27-/m1/s1. The summed E-state index contributed by atoms with van der Waals surface area (Å²) in [6.45, 7) is 6.24. The summed E-state index contributed by atoms with van der Waals surface area (Å²) in [4.78, 5) is 30.1. The first kappa shape index (κ1) is 29.3. The van der Waals surface area contributed by atoms with Crippen molar-refractivity contribution in [2.24, 2.45) is 0 Å². The summed E-state index contributed by atoms with van der Waals surface area (Å²) in [7, 11) is 0. The van der Waals surface area contributed by atoms with E-state index >= 15 is 0 Å². The summed E-state index contributed by atoms with van der Waals surface area (Å²) in [5.74, 6) is 0.638. The van der Waals surface area contributed by atoms with Crippen molar-refractivity contribution in [3.8, 4) is 0 Å². The number of hydrogen-bond donors (Lipinski definition) is 1. The highest BCUT2D eigenvalue weighted by molar-refractivity contribution is 9.10. The summed E-state index contributed by atoms with van der Waals surface area (Å²) < 4.78 is 0.972. The van der Waals surface area contributed by atoms with E-state index in [1.54, 1.807) is 16.7 Å². The second kappa shape index (κ2) is 14.0. The van der Waals surface area contributed by atoms with Crippen LogP contribution in [0, 0.1) is 0 Å². The maximum atomic E-state index is 13.7. The van der Waals surface area contributed by atoms with E-state index in [1.165, 1.54) is 0 Å². The number of nitrogens with zero attached hydrogens (tertiary/aromatic N) is 1.